The van der Waals surface area contributed by atoms with Gasteiger partial charge in [0.15, 0.2) is 0 Å². The number of hydrogen-bond acceptors (Lipinski definition) is 6. The molecule has 3 aromatic rings. The minimum atomic E-state index is -0.105. The molecule has 0 aliphatic carbocycles. The summed E-state index contributed by atoms with van der Waals surface area (Å²) in [5.74, 6) is 0.340. The molecule has 0 aromatic carbocycles. The van der Waals surface area contributed by atoms with Gasteiger partial charge in [-0.3, -0.25) is 4.79 Å². The van der Waals surface area contributed by atoms with Crippen LogP contribution in [0, 0.1) is 6.92 Å². The van der Waals surface area contributed by atoms with Crippen LogP contribution in [-0.4, -0.2) is 50.8 Å². The molecule has 25 heavy (non-hydrogen) atoms. The lowest BCUT2D eigenvalue weighted by atomic mass is 10.2. The van der Waals surface area contributed by atoms with E-state index in [9.17, 15) is 4.79 Å². The maximum Gasteiger partial charge on any atom is 0.257 e. The lowest BCUT2D eigenvalue weighted by molar-refractivity contribution is 0.0781. The predicted octanol–water partition coefficient (Wildman–Crippen LogP) is 3.14. The Hall–Kier alpha value is -1.85. The highest BCUT2D eigenvalue weighted by Crippen LogP contribution is 2.23. The van der Waals surface area contributed by atoms with Gasteiger partial charge in [0.2, 0.25) is 0 Å². The molecular formula is C16H16IN5O2S. The first kappa shape index (κ1) is 18.0. The molecule has 7 nitrogen and oxygen atoms in total. The quantitative estimate of drug-likeness (QED) is 0.519. The maximum atomic E-state index is 12.5. The molecule has 3 heterocycles. The van der Waals surface area contributed by atoms with Crippen molar-refractivity contribution in [3.05, 3.63) is 47.2 Å². The van der Waals surface area contributed by atoms with Crippen molar-refractivity contribution in [3.8, 4) is 16.5 Å². The third kappa shape index (κ3) is 3.88. The summed E-state index contributed by atoms with van der Waals surface area (Å²) in [5.41, 5.74) is 2.07. The van der Waals surface area contributed by atoms with Crippen molar-refractivity contribution in [2.24, 2.45) is 0 Å². The standard InChI is InChI=1S/C16H16IN5O2S/c1-11-12(15(23)21(2)7-8-24-17)10-19-22(11)16-18-6-5-13(20-16)14-4-3-9-25-14/h3-6,9-10H,7-8H2,1-2H3. The van der Waals surface area contributed by atoms with Crippen LogP contribution in [0.5, 0.6) is 0 Å². The smallest absolute Gasteiger partial charge is 0.257 e. The SMILES string of the molecule is Cc1c(C(=O)N(C)CCOI)cnn1-c1nccc(-c2cccs2)n1. The van der Waals surface area contributed by atoms with Gasteiger partial charge in [-0.15, -0.1) is 11.3 Å². The number of amides is 1. The summed E-state index contributed by atoms with van der Waals surface area (Å²) in [5, 5.41) is 6.31. The average molecular weight is 469 g/mol. The van der Waals surface area contributed by atoms with Crippen LogP contribution in [0.3, 0.4) is 0 Å². The average Bonchev–Trinajstić information content (AvgIpc) is 3.29. The summed E-state index contributed by atoms with van der Waals surface area (Å²) < 4.78 is 6.58. The van der Waals surface area contributed by atoms with Crippen molar-refractivity contribution in [1.82, 2.24) is 24.6 Å². The van der Waals surface area contributed by atoms with Gasteiger partial charge < -0.3 is 7.97 Å². The van der Waals surface area contributed by atoms with Crippen molar-refractivity contribution in [3.63, 3.8) is 0 Å². The summed E-state index contributed by atoms with van der Waals surface area (Å²) >= 11 is 3.43. The lowest BCUT2D eigenvalue weighted by Crippen LogP contribution is -2.29. The number of halogens is 1. The van der Waals surface area contributed by atoms with Crippen LogP contribution in [-0.2, 0) is 3.07 Å². The second-order valence-corrected chi connectivity index (χ2v) is 6.89. The topological polar surface area (TPSA) is 73.1 Å². The molecule has 0 bridgehead atoms. The Kier molecular flexibility index (Phi) is 5.76. The van der Waals surface area contributed by atoms with E-state index in [0.717, 1.165) is 10.6 Å². The molecule has 0 atom stereocenters. The number of likely N-dealkylation sites (N-methyl/N-ethyl adjacent to an activating group) is 1. The molecule has 0 radical (unpaired) electrons. The number of carbonyl (C=O) groups is 1. The second-order valence-electron chi connectivity index (χ2n) is 5.31. The number of aromatic nitrogens is 4. The Labute approximate surface area is 163 Å². The molecule has 1 amide bonds. The molecule has 0 fully saturated rings. The summed E-state index contributed by atoms with van der Waals surface area (Å²) in [6, 6.07) is 5.84. The summed E-state index contributed by atoms with van der Waals surface area (Å²) in [6.45, 7) is 2.82. The van der Waals surface area contributed by atoms with Crippen molar-refractivity contribution in [1.29, 1.82) is 0 Å². The van der Waals surface area contributed by atoms with E-state index in [1.165, 1.54) is 0 Å². The first-order chi connectivity index (χ1) is 12.1. The molecule has 0 spiro atoms. The van der Waals surface area contributed by atoms with Gasteiger partial charge in [0.1, 0.15) is 23.0 Å². The van der Waals surface area contributed by atoms with Gasteiger partial charge in [-0.2, -0.15) is 5.10 Å². The van der Waals surface area contributed by atoms with Gasteiger partial charge in [-0.25, -0.2) is 14.6 Å². The minimum Gasteiger partial charge on any atom is -0.339 e. The van der Waals surface area contributed by atoms with E-state index in [1.54, 1.807) is 40.4 Å². The van der Waals surface area contributed by atoms with E-state index in [1.807, 2.05) is 53.5 Å². The van der Waals surface area contributed by atoms with Crippen LogP contribution in [0.2, 0.25) is 0 Å². The summed E-state index contributed by atoms with van der Waals surface area (Å²) in [7, 11) is 1.74. The third-order valence-corrected chi connectivity index (χ3v) is 5.03. The van der Waals surface area contributed by atoms with E-state index >= 15 is 0 Å². The van der Waals surface area contributed by atoms with E-state index in [4.69, 9.17) is 3.07 Å². The molecule has 3 rings (SSSR count). The number of thiophene rings is 1. The van der Waals surface area contributed by atoms with Crippen molar-refractivity contribution >= 4 is 40.2 Å². The normalized spacial score (nSPS) is 10.8. The zero-order chi connectivity index (χ0) is 17.8. The van der Waals surface area contributed by atoms with Gasteiger partial charge in [-0.1, -0.05) is 6.07 Å². The van der Waals surface area contributed by atoms with E-state index in [2.05, 4.69) is 15.1 Å². The largest absolute Gasteiger partial charge is 0.339 e. The second kappa shape index (κ2) is 8.02. The Morgan fingerprint density at radius 2 is 2.28 bits per heavy atom. The number of rotatable bonds is 6. The number of hydrogen-bond donors (Lipinski definition) is 0. The zero-order valence-corrected chi connectivity index (χ0v) is 16.7. The first-order valence-corrected chi connectivity index (χ1v) is 9.28. The van der Waals surface area contributed by atoms with Gasteiger partial charge in [0.05, 0.1) is 34.6 Å². The van der Waals surface area contributed by atoms with Crippen LogP contribution in [0.4, 0.5) is 0 Å². The fraction of sp³-hybridized carbons (Fsp3) is 0.250. The summed E-state index contributed by atoms with van der Waals surface area (Å²) in [4.78, 5) is 24.1. The lowest BCUT2D eigenvalue weighted by Gasteiger charge is -2.15. The maximum absolute atomic E-state index is 12.5. The minimum absolute atomic E-state index is 0.105. The molecule has 0 aliphatic heterocycles. The zero-order valence-electron chi connectivity index (χ0n) is 13.7. The fourth-order valence-corrected chi connectivity index (χ4v) is 3.20. The van der Waals surface area contributed by atoms with E-state index in [0.29, 0.717) is 30.4 Å². The highest BCUT2D eigenvalue weighted by Gasteiger charge is 2.19. The molecule has 0 unspecified atom stereocenters. The first-order valence-electron chi connectivity index (χ1n) is 7.52. The van der Waals surface area contributed by atoms with E-state index in [-0.39, 0.29) is 5.91 Å². The Morgan fingerprint density at radius 3 is 3.00 bits per heavy atom. The van der Waals surface area contributed by atoms with Crippen molar-refractivity contribution in [2.75, 3.05) is 20.2 Å². The van der Waals surface area contributed by atoms with Crippen molar-refractivity contribution in [2.45, 2.75) is 6.92 Å². The number of carbonyl (C=O) groups excluding carboxylic acids is 1. The molecule has 0 N–H and O–H groups in total. The van der Waals surface area contributed by atoms with Gasteiger partial charge in [0, 0.05) is 19.8 Å². The Bertz CT molecular complexity index is 865. The van der Waals surface area contributed by atoms with Crippen LogP contribution in [0.1, 0.15) is 16.1 Å². The predicted molar refractivity (Wildman–Crippen MR) is 104 cm³/mol. The molecule has 3 aromatic heterocycles. The Balaban J connectivity index is 1.89. The van der Waals surface area contributed by atoms with Crippen LogP contribution in [0.25, 0.3) is 16.5 Å². The molecule has 9 heteroatoms. The molecule has 0 saturated carbocycles. The van der Waals surface area contributed by atoms with Crippen LogP contribution in [0.15, 0.2) is 36.0 Å². The van der Waals surface area contributed by atoms with Gasteiger partial charge in [0.25, 0.3) is 11.9 Å². The van der Waals surface area contributed by atoms with Crippen LogP contribution < -0.4 is 0 Å². The third-order valence-electron chi connectivity index (χ3n) is 3.70. The molecule has 0 aliphatic rings. The van der Waals surface area contributed by atoms with Crippen LogP contribution >= 0.6 is 34.3 Å². The number of nitrogens with zero attached hydrogens (tertiary/aromatic N) is 5. The molecule has 0 saturated heterocycles. The van der Waals surface area contributed by atoms with Gasteiger partial charge in [-0.05, 0) is 24.4 Å². The molecular weight excluding hydrogens is 453 g/mol. The Morgan fingerprint density at radius 1 is 1.44 bits per heavy atom. The monoisotopic (exact) mass is 469 g/mol. The van der Waals surface area contributed by atoms with E-state index < -0.39 is 0 Å². The van der Waals surface area contributed by atoms with Crippen molar-refractivity contribution < 1.29 is 7.86 Å². The highest BCUT2D eigenvalue weighted by atomic mass is 127. The molecule has 130 valence electrons. The highest BCUT2D eigenvalue weighted by molar-refractivity contribution is 14.1. The fourth-order valence-electron chi connectivity index (χ4n) is 2.31. The summed E-state index contributed by atoms with van der Waals surface area (Å²) in [6.07, 6.45) is 3.25. The van der Waals surface area contributed by atoms with Gasteiger partial charge >= 0.3 is 0 Å².